The summed E-state index contributed by atoms with van der Waals surface area (Å²) in [6.07, 6.45) is 1.12. The van der Waals surface area contributed by atoms with Crippen molar-refractivity contribution in [3.63, 3.8) is 0 Å². The first-order chi connectivity index (χ1) is 10.5. The van der Waals surface area contributed by atoms with Crippen molar-refractivity contribution in [2.45, 2.75) is 25.5 Å². The molecule has 0 bridgehead atoms. The van der Waals surface area contributed by atoms with Crippen LogP contribution in [0.1, 0.15) is 16.2 Å². The summed E-state index contributed by atoms with van der Waals surface area (Å²) in [5.74, 6) is 0.627. The molecule has 5 heteroatoms. The fraction of sp³-hybridized carbons (Fsp3) is 0.765. The maximum absolute atomic E-state index is 6.26. The van der Waals surface area contributed by atoms with Gasteiger partial charge in [0.15, 0.2) is 0 Å². The average molecular weight is 324 g/mol. The minimum atomic E-state index is -0.0938. The van der Waals surface area contributed by atoms with E-state index >= 15 is 0 Å². The van der Waals surface area contributed by atoms with Crippen molar-refractivity contribution in [2.24, 2.45) is 5.92 Å². The fourth-order valence-electron chi connectivity index (χ4n) is 3.69. The molecule has 3 rings (SSSR count). The summed E-state index contributed by atoms with van der Waals surface area (Å²) in [7, 11) is 4.28. The number of thiophene rings is 1. The minimum Gasteiger partial charge on any atom is -0.377 e. The minimum absolute atomic E-state index is 0.0938. The van der Waals surface area contributed by atoms with E-state index in [1.165, 1.54) is 9.75 Å². The largest absolute Gasteiger partial charge is 0.377 e. The second-order valence-electron chi connectivity index (χ2n) is 7.10. The lowest BCUT2D eigenvalue weighted by atomic mass is 9.94. The Kier molecular flexibility index (Phi) is 5.20. The highest BCUT2D eigenvalue weighted by molar-refractivity contribution is 7.11. The van der Waals surface area contributed by atoms with Gasteiger partial charge in [-0.25, -0.2) is 0 Å². The van der Waals surface area contributed by atoms with Gasteiger partial charge < -0.3 is 14.4 Å². The molecule has 0 N–H and O–H groups in total. The molecular formula is C17H28N2O2S. The van der Waals surface area contributed by atoms with Crippen LogP contribution in [-0.2, 0) is 16.0 Å². The zero-order chi connectivity index (χ0) is 15.6. The van der Waals surface area contributed by atoms with E-state index in [9.17, 15) is 0 Å². The van der Waals surface area contributed by atoms with Crippen LogP contribution in [0.15, 0.2) is 12.1 Å². The Balaban J connectivity index is 1.62. The average Bonchev–Trinajstić information content (AvgIpc) is 2.95. The van der Waals surface area contributed by atoms with Gasteiger partial charge in [-0.15, -0.1) is 11.3 Å². The number of hydrogen-bond donors (Lipinski definition) is 0. The van der Waals surface area contributed by atoms with Gasteiger partial charge in [-0.3, -0.25) is 4.90 Å². The monoisotopic (exact) mass is 324 g/mol. The molecule has 0 radical (unpaired) electrons. The number of rotatable bonds is 4. The van der Waals surface area contributed by atoms with Crippen molar-refractivity contribution >= 4 is 11.3 Å². The molecule has 2 fully saturated rings. The Morgan fingerprint density at radius 2 is 2.27 bits per heavy atom. The van der Waals surface area contributed by atoms with E-state index in [-0.39, 0.29) is 5.60 Å². The van der Waals surface area contributed by atoms with Gasteiger partial charge >= 0.3 is 0 Å². The van der Waals surface area contributed by atoms with Crippen LogP contribution in [0.3, 0.4) is 0 Å². The molecule has 0 unspecified atom stereocenters. The van der Waals surface area contributed by atoms with E-state index in [2.05, 4.69) is 43.0 Å². The van der Waals surface area contributed by atoms with Crippen molar-refractivity contribution in [3.8, 4) is 0 Å². The molecule has 124 valence electrons. The zero-order valence-electron chi connectivity index (χ0n) is 14.0. The van der Waals surface area contributed by atoms with E-state index in [0.29, 0.717) is 5.92 Å². The van der Waals surface area contributed by atoms with Gasteiger partial charge in [0.05, 0.1) is 19.8 Å². The van der Waals surface area contributed by atoms with Gasteiger partial charge in [-0.05, 0) is 45.5 Å². The first-order valence-corrected chi connectivity index (χ1v) is 9.00. The van der Waals surface area contributed by atoms with E-state index in [4.69, 9.17) is 9.47 Å². The van der Waals surface area contributed by atoms with Crippen molar-refractivity contribution in [1.29, 1.82) is 0 Å². The van der Waals surface area contributed by atoms with Crippen LogP contribution >= 0.6 is 11.3 Å². The van der Waals surface area contributed by atoms with Gasteiger partial charge in [0, 0.05) is 35.9 Å². The zero-order valence-corrected chi connectivity index (χ0v) is 14.8. The molecule has 2 saturated heterocycles. The lowest BCUT2D eigenvalue weighted by molar-refractivity contribution is -0.0562. The SMILES string of the molecule is Cc1ccc(CN2CCOC[C@@]3(C[C@@H](CN(C)C)CO3)C2)s1. The van der Waals surface area contributed by atoms with Gasteiger partial charge in [0.25, 0.3) is 0 Å². The Labute approximate surface area is 138 Å². The van der Waals surface area contributed by atoms with Crippen LogP contribution in [0, 0.1) is 12.8 Å². The highest BCUT2D eigenvalue weighted by Crippen LogP contribution is 2.33. The highest BCUT2D eigenvalue weighted by Gasteiger charge is 2.43. The topological polar surface area (TPSA) is 24.9 Å². The van der Waals surface area contributed by atoms with Crippen LogP contribution in [0.4, 0.5) is 0 Å². The summed E-state index contributed by atoms with van der Waals surface area (Å²) in [6, 6.07) is 4.46. The van der Waals surface area contributed by atoms with Gasteiger partial charge in [-0.2, -0.15) is 0 Å². The first-order valence-electron chi connectivity index (χ1n) is 8.19. The Morgan fingerprint density at radius 3 is 3.00 bits per heavy atom. The lowest BCUT2D eigenvalue weighted by Gasteiger charge is -2.31. The highest BCUT2D eigenvalue weighted by atomic mass is 32.1. The summed E-state index contributed by atoms with van der Waals surface area (Å²) >= 11 is 1.90. The number of aryl methyl sites for hydroxylation is 1. The lowest BCUT2D eigenvalue weighted by Crippen LogP contribution is -2.43. The van der Waals surface area contributed by atoms with E-state index in [1.54, 1.807) is 0 Å². The molecular weight excluding hydrogens is 296 g/mol. The van der Waals surface area contributed by atoms with E-state index in [1.807, 2.05) is 11.3 Å². The Bertz CT molecular complexity index is 491. The Hall–Kier alpha value is -0.460. The predicted molar refractivity (Wildman–Crippen MR) is 90.5 cm³/mol. The summed E-state index contributed by atoms with van der Waals surface area (Å²) in [6.45, 7) is 8.72. The third-order valence-electron chi connectivity index (χ3n) is 4.51. The van der Waals surface area contributed by atoms with Crippen LogP contribution in [0.5, 0.6) is 0 Å². The summed E-state index contributed by atoms with van der Waals surface area (Å²) in [5, 5.41) is 0. The van der Waals surface area contributed by atoms with E-state index < -0.39 is 0 Å². The maximum atomic E-state index is 6.26. The molecule has 1 aromatic heterocycles. The molecule has 0 saturated carbocycles. The number of ether oxygens (including phenoxy) is 2. The van der Waals surface area contributed by atoms with Crippen molar-refractivity contribution in [2.75, 3.05) is 53.6 Å². The van der Waals surface area contributed by atoms with Crippen LogP contribution in [0.2, 0.25) is 0 Å². The molecule has 1 aromatic rings. The molecule has 0 aromatic carbocycles. The fourth-order valence-corrected chi connectivity index (χ4v) is 4.63. The molecule has 2 atom stereocenters. The van der Waals surface area contributed by atoms with Crippen molar-refractivity contribution < 1.29 is 9.47 Å². The third-order valence-corrected chi connectivity index (χ3v) is 5.50. The van der Waals surface area contributed by atoms with Crippen molar-refractivity contribution in [1.82, 2.24) is 9.80 Å². The molecule has 2 aliphatic rings. The molecule has 2 aliphatic heterocycles. The van der Waals surface area contributed by atoms with Crippen LogP contribution in [0.25, 0.3) is 0 Å². The quantitative estimate of drug-likeness (QED) is 0.848. The molecule has 0 amide bonds. The van der Waals surface area contributed by atoms with Crippen LogP contribution < -0.4 is 0 Å². The second-order valence-corrected chi connectivity index (χ2v) is 8.47. The standard InChI is InChI=1S/C17H28N2O2S/c1-14-4-5-16(22-14)10-19-6-7-20-13-17(12-19)8-15(11-21-17)9-18(2)3/h4-5,15H,6-13H2,1-3H3/t15-,17+/m0/s1. The first kappa shape index (κ1) is 16.4. The molecule has 0 aliphatic carbocycles. The molecule has 22 heavy (non-hydrogen) atoms. The van der Waals surface area contributed by atoms with Gasteiger partial charge in [0.1, 0.15) is 5.60 Å². The summed E-state index contributed by atoms with van der Waals surface area (Å²) < 4.78 is 12.1. The van der Waals surface area contributed by atoms with Crippen molar-refractivity contribution in [3.05, 3.63) is 21.9 Å². The maximum Gasteiger partial charge on any atom is 0.104 e. The normalized spacial score (nSPS) is 30.3. The predicted octanol–water partition coefficient (Wildman–Crippen LogP) is 2.23. The second kappa shape index (κ2) is 6.97. The summed E-state index contributed by atoms with van der Waals surface area (Å²) in [5.41, 5.74) is -0.0938. The Morgan fingerprint density at radius 1 is 1.41 bits per heavy atom. The van der Waals surface area contributed by atoms with Gasteiger partial charge in [0.2, 0.25) is 0 Å². The number of hydrogen-bond acceptors (Lipinski definition) is 5. The molecule has 4 nitrogen and oxygen atoms in total. The molecule has 3 heterocycles. The van der Waals surface area contributed by atoms with E-state index in [0.717, 1.165) is 52.4 Å². The third kappa shape index (κ3) is 4.09. The number of nitrogens with zero attached hydrogens (tertiary/aromatic N) is 2. The van der Waals surface area contributed by atoms with Gasteiger partial charge in [-0.1, -0.05) is 0 Å². The molecule has 1 spiro atoms. The van der Waals surface area contributed by atoms with Crippen LogP contribution in [-0.4, -0.2) is 69.0 Å². The smallest absolute Gasteiger partial charge is 0.104 e. The summed E-state index contributed by atoms with van der Waals surface area (Å²) in [4.78, 5) is 7.60.